The molecule has 2 fully saturated rings. The Labute approximate surface area is 126 Å². The van der Waals surface area contributed by atoms with Crippen LogP contribution in [-0.4, -0.2) is 11.0 Å². The van der Waals surface area contributed by atoms with Crippen LogP contribution in [0.5, 0.6) is 0 Å². The molecule has 0 radical (unpaired) electrons. The van der Waals surface area contributed by atoms with Crippen LogP contribution < -0.4 is 5.32 Å². The second-order valence-electron chi connectivity index (χ2n) is 7.42. The molecule has 20 heavy (non-hydrogen) atoms. The molecule has 0 spiro atoms. The second kappa shape index (κ2) is 4.81. The van der Waals surface area contributed by atoms with Gasteiger partial charge in [0.05, 0.1) is 11.2 Å². The number of thiazole rings is 1. The molecule has 2 saturated carbocycles. The topological polar surface area (TPSA) is 24.9 Å². The summed E-state index contributed by atoms with van der Waals surface area (Å²) in [6, 6.07) is 0.765. The summed E-state index contributed by atoms with van der Waals surface area (Å²) in [7, 11) is 0. The van der Waals surface area contributed by atoms with Crippen molar-refractivity contribution in [2.45, 2.75) is 76.8 Å². The third-order valence-electron chi connectivity index (χ3n) is 5.62. The second-order valence-corrected chi connectivity index (χ2v) is 8.50. The first-order chi connectivity index (χ1) is 9.67. The summed E-state index contributed by atoms with van der Waals surface area (Å²) in [5.41, 5.74) is 1.61. The number of nitrogens with zero attached hydrogens (tertiary/aromatic N) is 1. The van der Waals surface area contributed by atoms with Crippen molar-refractivity contribution < 1.29 is 0 Å². The Hall–Kier alpha value is -0.410. The molecular formula is C17H26N2S. The Balaban J connectivity index is 1.72. The summed E-state index contributed by atoms with van der Waals surface area (Å²) in [6.45, 7) is 4.88. The van der Waals surface area contributed by atoms with Gasteiger partial charge in [0, 0.05) is 10.9 Å². The molecule has 2 nitrogen and oxygen atoms in total. The number of nitrogens with one attached hydrogen (secondary N) is 1. The van der Waals surface area contributed by atoms with Crippen molar-refractivity contribution in [3.05, 3.63) is 15.6 Å². The quantitative estimate of drug-likeness (QED) is 0.909. The highest BCUT2D eigenvalue weighted by atomic mass is 32.1. The monoisotopic (exact) mass is 290 g/mol. The molecule has 3 atom stereocenters. The van der Waals surface area contributed by atoms with Crippen molar-refractivity contribution in [1.29, 1.82) is 0 Å². The lowest BCUT2D eigenvalue weighted by molar-refractivity contribution is 0.115. The first kappa shape index (κ1) is 13.3. The van der Waals surface area contributed by atoms with Crippen LogP contribution in [0.4, 0.5) is 0 Å². The van der Waals surface area contributed by atoms with Crippen molar-refractivity contribution in [3.63, 3.8) is 0 Å². The number of fused-ring (bicyclic) bond motifs is 1. The third-order valence-corrected chi connectivity index (χ3v) is 6.96. The lowest BCUT2D eigenvalue weighted by atomic mass is 9.70. The van der Waals surface area contributed by atoms with E-state index in [0.29, 0.717) is 0 Å². The fourth-order valence-electron chi connectivity index (χ4n) is 4.17. The van der Waals surface area contributed by atoms with Crippen LogP contribution in [0, 0.1) is 11.8 Å². The Bertz CT molecular complexity index is 480. The number of hydrogen-bond acceptors (Lipinski definition) is 3. The van der Waals surface area contributed by atoms with Gasteiger partial charge in [0.2, 0.25) is 0 Å². The van der Waals surface area contributed by atoms with Crippen LogP contribution in [0.15, 0.2) is 0 Å². The summed E-state index contributed by atoms with van der Waals surface area (Å²) in [6.07, 6.45) is 10.6. The fourth-order valence-corrected chi connectivity index (χ4v) is 5.59. The number of rotatable bonds is 3. The van der Waals surface area contributed by atoms with Gasteiger partial charge >= 0.3 is 0 Å². The summed E-state index contributed by atoms with van der Waals surface area (Å²) in [4.78, 5) is 6.69. The van der Waals surface area contributed by atoms with Crippen molar-refractivity contribution in [2.75, 3.05) is 0 Å². The van der Waals surface area contributed by atoms with Gasteiger partial charge in [0.1, 0.15) is 5.01 Å². The lowest BCUT2D eigenvalue weighted by Crippen LogP contribution is -2.52. The van der Waals surface area contributed by atoms with Gasteiger partial charge in [0.25, 0.3) is 0 Å². The Morgan fingerprint density at radius 3 is 2.75 bits per heavy atom. The van der Waals surface area contributed by atoms with Crippen LogP contribution >= 0.6 is 11.3 Å². The maximum Gasteiger partial charge on any atom is 0.114 e. The van der Waals surface area contributed by atoms with Crippen LogP contribution in [0.3, 0.4) is 0 Å². The van der Waals surface area contributed by atoms with Gasteiger partial charge < -0.3 is 5.32 Å². The minimum Gasteiger partial charge on any atom is -0.302 e. The molecule has 0 aromatic carbocycles. The van der Waals surface area contributed by atoms with E-state index in [2.05, 4.69) is 19.2 Å². The molecule has 4 rings (SSSR count). The zero-order chi connectivity index (χ0) is 13.7. The normalized spacial score (nSPS) is 37.1. The molecule has 3 aliphatic carbocycles. The van der Waals surface area contributed by atoms with E-state index in [1.54, 1.807) is 4.88 Å². The van der Waals surface area contributed by atoms with E-state index in [-0.39, 0.29) is 5.54 Å². The number of aryl methyl sites for hydroxylation is 2. The SMILES string of the molecule is CC1CCC(C)C(NC2CC2)(c2nc3c(s2)CCC3)C1. The summed E-state index contributed by atoms with van der Waals surface area (Å²) >= 11 is 2.03. The Morgan fingerprint density at radius 2 is 2.00 bits per heavy atom. The standard InChI is InChI=1S/C17H26N2S/c1-11-6-7-12(2)17(10-11,19-13-8-9-13)16-18-14-4-3-5-15(14)20-16/h11-13,19H,3-10H2,1-2H3. The van der Waals surface area contributed by atoms with Gasteiger partial charge in [-0.2, -0.15) is 0 Å². The minimum absolute atomic E-state index is 0.188. The zero-order valence-electron chi connectivity index (χ0n) is 12.7. The smallest absolute Gasteiger partial charge is 0.114 e. The molecule has 0 aliphatic heterocycles. The van der Waals surface area contributed by atoms with Gasteiger partial charge in [-0.05, 0) is 56.8 Å². The molecule has 3 aliphatic rings. The molecule has 3 heteroatoms. The van der Waals surface area contributed by atoms with E-state index in [0.717, 1.165) is 17.9 Å². The molecule has 1 heterocycles. The van der Waals surface area contributed by atoms with Gasteiger partial charge in [-0.25, -0.2) is 4.98 Å². The molecule has 0 bridgehead atoms. The van der Waals surface area contributed by atoms with Crippen molar-refractivity contribution in [2.24, 2.45) is 11.8 Å². The average molecular weight is 290 g/mol. The van der Waals surface area contributed by atoms with Crippen LogP contribution in [0.25, 0.3) is 0 Å². The number of aromatic nitrogens is 1. The van der Waals surface area contributed by atoms with Crippen LogP contribution in [0.2, 0.25) is 0 Å². The molecule has 0 amide bonds. The van der Waals surface area contributed by atoms with Crippen LogP contribution in [0.1, 0.15) is 68.0 Å². The molecule has 1 aromatic rings. The highest BCUT2D eigenvalue weighted by Gasteiger charge is 2.47. The number of hydrogen-bond donors (Lipinski definition) is 1. The molecule has 0 saturated heterocycles. The Morgan fingerprint density at radius 1 is 1.15 bits per heavy atom. The fraction of sp³-hybridized carbons (Fsp3) is 0.824. The average Bonchev–Trinajstić information content (AvgIpc) is 2.96. The molecule has 3 unspecified atom stereocenters. The first-order valence-electron chi connectivity index (χ1n) is 8.44. The minimum atomic E-state index is 0.188. The van der Waals surface area contributed by atoms with Gasteiger partial charge in [-0.15, -0.1) is 11.3 Å². The Kier molecular flexibility index (Phi) is 3.19. The van der Waals surface area contributed by atoms with Crippen molar-refractivity contribution >= 4 is 11.3 Å². The summed E-state index contributed by atoms with van der Waals surface area (Å²) in [5.74, 6) is 1.56. The maximum absolute atomic E-state index is 5.11. The van der Waals surface area contributed by atoms with Gasteiger partial charge in [0.15, 0.2) is 0 Å². The molecule has 110 valence electrons. The van der Waals surface area contributed by atoms with Crippen LogP contribution in [-0.2, 0) is 18.4 Å². The molecule has 1 N–H and O–H groups in total. The highest BCUT2D eigenvalue weighted by Crippen LogP contribution is 2.48. The van der Waals surface area contributed by atoms with Crippen molar-refractivity contribution in [3.8, 4) is 0 Å². The van der Waals surface area contributed by atoms with E-state index in [1.165, 1.54) is 62.1 Å². The summed E-state index contributed by atoms with van der Waals surface area (Å²) < 4.78 is 0. The summed E-state index contributed by atoms with van der Waals surface area (Å²) in [5, 5.41) is 5.46. The predicted octanol–water partition coefficient (Wildman–Crippen LogP) is 4.04. The van der Waals surface area contributed by atoms with Gasteiger partial charge in [-0.3, -0.25) is 0 Å². The van der Waals surface area contributed by atoms with E-state index >= 15 is 0 Å². The third kappa shape index (κ3) is 2.14. The van der Waals surface area contributed by atoms with E-state index < -0.39 is 0 Å². The van der Waals surface area contributed by atoms with E-state index in [9.17, 15) is 0 Å². The van der Waals surface area contributed by atoms with Crippen molar-refractivity contribution in [1.82, 2.24) is 10.3 Å². The highest BCUT2D eigenvalue weighted by molar-refractivity contribution is 7.12. The molecular weight excluding hydrogens is 264 g/mol. The maximum atomic E-state index is 5.11. The van der Waals surface area contributed by atoms with E-state index in [1.807, 2.05) is 11.3 Å². The first-order valence-corrected chi connectivity index (χ1v) is 9.26. The van der Waals surface area contributed by atoms with Gasteiger partial charge in [-0.1, -0.05) is 20.3 Å². The molecule has 1 aromatic heterocycles. The lowest BCUT2D eigenvalue weighted by Gasteiger charge is -2.45. The zero-order valence-corrected chi connectivity index (χ0v) is 13.6. The predicted molar refractivity (Wildman–Crippen MR) is 84.2 cm³/mol. The largest absolute Gasteiger partial charge is 0.302 e. The van der Waals surface area contributed by atoms with E-state index in [4.69, 9.17) is 4.98 Å².